The number of rotatable bonds is 10. The molecule has 2 aromatic rings. The minimum atomic E-state index is -0.220. The minimum Gasteiger partial charge on any atom is -0.477 e. The number of ether oxygens (including phenoxy) is 1. The highest BCUT2D eigenvalue weighted by Gasteiger charge is 2.20. The van der Waals surface area contributed by atoms with Gasteiger partial charge >= 0.3 is 0 Å². The van der Waals surface area contributed by atoms with Gasteiger partial charge in [-0.25, -0.2) is 4.39 Å². The molecule has 3 rings (SSSR count). The third-order valence-electron chi connectivity index (χ3n) is 6.18. The lowest BCUT2D eigenvalue weighted by Crippen LogP contribution is -2.15. The van der Waals surface area contributed by atoms with Crippen LogP contribution in [0.5, 0.6) is 5.88 Å². The molecule has 3 nitrogen and oxygen atoms in total. The Hall–Kier alpha value is -1.97. The molecule has 0 spiro atoms. The van der Waals surface area contributed by atoms with E-state index in [9.17, 15) is 4.39 Å². The number of hydrogen-bond donors (Lipinski definition) is 0. The van der Waals surface area contributed by atoms with Crippen molar-refractivity contribution in [2.75, 3.05) is 6.61 Å². The van der Waals surface area contributed by atoms with Gasteiger partial charge in [-0.2, -0.15) is 0 Å². The van der Waals surface area contributed by atoms with Crippen molar-refractivity contribution in [2.24, 2.45) is 11.8 Å². The van der Waals surface area contributed by atoms with Gasteiger partial charge in [0.05, 0.1) is 12.3 Å². The van der Waals surface area contributed by atoms with E-state index in [0.717, 1.165) is 30.2 Å². The van der Waals surface area contributed by atoms with Crippen LogP contribution < -0.4 is 4.74 Å². The molecule has 1 fully saturated rings. The Balaban J connectivity index is 1.51. The van der Waals surface area contributed by atoms with E-state index in [-0.39, 0.29) is 5.82 Å². The molecule has 158 valence electrons. The van der Waals surface area contributed by atoms with Crippen LogP contribution in [0.1, 0.15) is 77.2 Å². The number of aryl methyl sites for hydroxylation is 1. The Morgan fingerprint density at radius 3 is 2.31 bits per heavy atom. The molecule has 0 saturated heterocycles. The minimum absolute atomic E-state index is 0.220. The maximum atomic E-state index is 14.7. The average molecular weight is 399 g/mol. The smallest absolute Gasteiger partial charge is 0.233 e. The first-order valence-corrected chi connectivity index (χ1v) is 11.4. The Bertz CT molecular complexity index is 739. The summed E-state index contributed by atoms with van der Waals surface area (Å²) in [4.78, 5) is 0. The van der Waals surface area contributed by atoms with Crippen LogP contribution in [0.15, 0.2) is 30.3 Å². The van der Waals surface area contributed by atoms with Gasteiger partial charge in [0, 0.05) is 11.6 Å². The Morgan fingerprint density at radius 1 is 0.931 bits per heavy atom. The lowest BCUT2D eigenvalue weighted by atomic mass is 9.78. The van der Waals surface area contributed by atoms with Crippen molar-refractivity contribution < 1.29 is 9.13 Å². The van der Waals surface area contributed by atoms with E-state index in [1.54, 1.807) is 18.2 Å². The molecular formula is C25H35FN2O. The van der Waals surface area contributed by atoms with Gasteiger partial charge in [0.25, 0.3) is 0 Å². The van der Waals surface area contributed by atoms with Crippen molar-refractivity contribution in [3.8, 4) is 17.1 Å². The number of benzene rings is 1. The van der Waals surface area contributed by atoms with Gasteiger partial charge in [0.2, 0.25) is 5.88 Å². The van der Waals surface area contributed by atoms with Crippen LogP contribution in [0.4, 0.5) is 4.39 Å². The van der Waals surface area contributed by atoms with Crippen LogP contribution in [0.3, 0.4) is 0 Å². The molecular weight excluding hydrogens is 363 g/mol. The summed E-state index contributed by atoms with van der Waals surface area (Å²) in [5.74, 6) is 2.01. The molecule has 29 heavy (non-hydrogen) atoms. The normalized spacial score (nSPS) is 19.3. The van der Waals surface area contributed by atoms with E-state index < -0.39 is 0 Å². The highest BCUT2D eigenvalue weighted by Crippen LogP contribution is 2.34. The SMILES string of the molecule is CCCC[C@H]1CC[C@H](CCc2ccc(-c3ccc(OCCC)nn3)c(F)c2)CC1. The van der Waals surface area contributed by atoms with Crippen LogP contribution in [0, 0.1) is 17.7 Å². The predicted molar refractivity (Wildman–Crippen MR) is 117 cm³/mol. The molecule has 1 saturated carbocycles. The van der Waals surface area contributed by atoms with Crippen molar-refractivity contribution in [2.45, 2.75) is 78.1 Å². The molecule has 1 heterocycles. The molecule has 1 aliphatic rings. The van der Waals surface area contributed by atoms with E-state index in [4.69, 9.17) is 4.74 Å². The van der Waals surface area contributed by atoms with Gasteiger partial charge in [-0.15, -0.1) is 10.2 Å². The van der Waals surface area contributed by atoms with Crippen molar-refractivity contribution in [1.82, 2.24) is 10.2 Å². The van der Waals surface area contributed by atoms with Crippen molar-refractivity contribution >= 4 is 0 Å². The number of halogens is 1. The summed E-state index contributed by atoms with van der Waals surface area (Å²) in [7, 11) is 0. The fourth-order valence-electron chi connectivity index (χ4n) is 4.34. The number of hydrogen-bond acceptors (Lipinski definition) is 3. The molecule has 0 radical (unpaired) electrons. The topological polar surface area (TPSA) is 35.0 Å². The fourth-order valence-corrected chi connectivity index (χ4v) is 4.34. The molecule has 0 atom stereocenters. The lowest BCUT2D eigenvalue weighted by Gasteiger charge is -2.28. The number of nitrogens with zero attached hydrogens (tertiary/aromatic N) is 2. The second-order valence-corrected chi connectivity index (χ2v) is 8.49. The molecule has 0 unspecified atom stereocenters. The standard InChI is InChI=1S/C25H35FN2O/c1-3-5-6-19-7-9-20(10-8-19)11-12-21-13-14-22(23(26)18-21)24-15-16-25(28-27-24)29-17-4-2/h13-16,18-20H,3-12,17H2,1-2H3/t19-,20-. The Morgan fingerprint density at radius 2 is 1.69 bits per heavy atom. The second kappa shape index (κ2) is 11.3. The summed E-state index contributed by atoms with van der Waals surface area (Å²) >= 11 is 0. The number of aromatic nitrogens is 2. The molecule has 4 heteroatoms. The maximum absolute atomic E-state index is 14.7. The zero-order valence-electron chi connectivity index (χ0n) is 18.0. The summed E-state index contributed by atoms with van der Waals surface area (Å²) in [5, 5.41) is 8.16. The second-order valence-electron chi connectivity index (χ2n) is 8.49. The first-order chi connectivity index (χ1) is 14.2. The first-order valence-electron chi connectivity index (χ1n) is 11.4. The van der Waals surface area contributed by atoms with Gasteiger partial charge in [0.1, 0.15) is 5.82 Å². The molecule has 0 bridgehead atoms. The third-order valence-corrected chi connectivity index (χ3v) is 6.18. The zero-order valence-corrected chi connectivity index (χ0v) is 18.0. The summed E-state index contributed by atoms with van der Waals surface area (Å²) in [6.07, 6.45) is 12.6. The highest BCUT2D eigenvalue weighted by molar-refractivity contribution is 5.60. The molecule has 0 aliphatic heterocycles. The molecule has 0 N–H and O–H groups in total. The van der Waals surface area contributed by atoms with E-state index >= 15 is 0 Å². The monoisotopic (exact) mass is 398 g/mol. The van der Waals surface area contributed by atoms with Crippen LogP contribution in [0.2, 0.25) is 0 Å². The van der Waals surface area contributed by atoms with E-state index in [1.807, 2.05) is 19.1 Å². The highest BCUT2D eigenvalue weighted by atomic mass is 19.1. The van der Waals surface area contributed by atoms with Gasteiger partial charge in [-0.1, -0.05) is 64.9 Å². The van der Waals surface area contributed by atoms with Crippen molar-refractivity contribution in [3.05, 3.63) is 41.7 Å². The average Bonchev–Trinajstić information content (AvgIpc) is 2.76. The lowest BCUT2D eigenvalue weighted by molar-refractivity contribution is 0.250. The summed E-state index contributed by atoms with van der Waals surface area (Å²) in [5.41, 5.74) is 2.12. The van der Waals surface area contributed by atoms with E-state index in [0.29, 0.717) is 23.7 Å². The van der Waals surface area contributed by atoms with Crippen molar-refractivity contribution in [1.29, 1.82) is 0 Å². The molecule has 1 aromatic heterocycles. The molecule has 1 aliphatic carbocycles. The van der Waals surface area contributed by atoms with Crippen LogP contribution in [-0.4, -0.2) is 16.8 Å². The quantitative estimate of drug-likeness (QED) is 0.432. The van der Waals surface area contributed by atoms with E-state index in [1.165, 1.54) is 51.4 Å². The van der Waals surface area contributed by atoms with Crippen LogP contribution >= 0.6 is 0 Å². The third kappa shape index (κ3) is 6.52. The van der Waals surface area contributed by atoms with Gasteiger partial charge < -0.3 is 4.74 Å². The Kier molecular flexibility index (Phi) is 8.45. The summed E-state index contributed by atoms with van der Waals surface area (Å²) in [6, 6.07) is 9.07. The molecule has 1 aromatic carbocycles. The Labute approximate surface area is 175 Å². The maximum Gasteiger partial charge on any atom is 0.233 e. The summed E-state index contributed by atoms with van der Waals surface area (Å²) in [6.45, 7) is 4.93. The summed E-state index contributed by atoms with van der Waals surface area (Å²) < 4.78 is 20.1. The zero-order chi connectivity index (χ0) is 20.5. The molecule has 0 amide bonds. The number of unbranched alkanes of at least 4 members (excludes halogenated alkanes) is 1. The van der Waals surface area contributed by atoms with Gasteiger partial charge in [0.15, 0.2) is 0 Å². The van der Waals surface area contributed by atoms with Crippen LogP contribution in [-0.2, 0) is 6.42 Å². The van der Waals surface area contributed by atoms with Gasteiger partial charge in [-0.3, -0.25) is 0 Å². The van der Waals surface area contributed by atoms with E-state index in [2.05, 4.69) is 17.1 Å². The fraction of sp³-hybridized carbons (Fsp3) is 0.600. The van der Waals surface area contributed by atoms with Crippen LogP contribution in [0.25, 0.3) is 11.3 Å². The first kappa shape index (κ1) is 21.7. The predicted octanol–water partition coefficient (Wildman–Crippen LogP) is 7.00. The van der Waals surface area contributed by atoms with Gasteiger partial charge in [-0.05, 0) is 54.9 Å². The largest absolute Gasteiger partial charge is 0.477 e. The van der Waals surface area contributed by atoms with Crippen molar-refractivity contribution in [3.63, 3.8) is 0 Å².